The first kappa shape index (κ1) is 17.6. The molecular formula is C18H28N2O3. The third-order valence-electron chi connectivity index (χ3n) is 4.36. The number of benzene rings is 1. The molecule has 1 aliphatic heterocycles. The van der Waals surface area contributed by atoms with Crippen LogP contribution in [0.15, 0.2) is 18.2 Å². The summed E-state index contributed by atoms with van der Waals surface area (Å²) in [6.07, 6.45) is 4.08. The molecule has 1 N–H and O–H groups in total. The lowest BCUT2D eigenvalue weighted by Crippen LogP contribution is -2.43. The van der Waals surface area contributed by atoms with Crippen molar-refractivity contribution >= 4 is 5.91 Å². The number of hydrogen-bond acceptors (Lipinski definition) is 4. The van der Waals surface area contributed by atoms with Crippen molar-refractivity contribution in [2.45, 2.75) is 38.6 Å². The van der Waals surface area contributed by atoms with Crippen molar-refractivity contribution in [2.75, 3.05) is 33.9 Å². The van der Waals surface area contributed by atoms with Crippen molar-refractivity contribution < 1.29 is 14.3 Å². The van der Waals surface area contributed by atoms with Crippen LogP contribution in [0.1, 0.15) is 43.0 Å². The Labute approximate surface area is 139 Å². The lowest BCUT2D eigenvalue weighted by atomic mass is 10.0. The number of likely N-dealkylation sites (tertiary alicyclic amines) is 1. The fraction of sp³-hybridized carbons (Fsp3) is 0.611. The predicted octanol–water partition coefficient (Wildman–Crippen LogP) is 2.70. The van der Waals surface area contributed by atoms with Gasteiger partial charge in [0.15, 0.2) is 11.5 Å². The van der Waals surface area contributed by atoms with E-state index in [9.17, 15) is 4.79 Å². The highest BCUT2D eigenvalue weighted by Crippen LogP contribution is 2.29. The molecule has 0 spiro atoms. The molecule has 5 heteroatoms. The molecule has 0 aromatic heterocycles. The third kappa shape index (κ3) is 4.61. The van der Waals surface area contributed by atoms with Crippen LogP contribution in [0, 0.1) is 0 Å². The number of methoxy groups -OCH3 is 1. The maximum atomic E-state index is 12.6. The molecule has 23 heavy (non-hydrogen) atoms. The highest BCUT2D eigenvalue weighted by atomic mass is 16.5. The van der Waals surface area contributed by atoms with E-state index in [0.29, 0.717) is 29.7 Å². The van der Waals surface area contributed by atoms with Gasteiger partial charge in [-0.15, -0.1) is 0 Å². The zero-order valence-corrected chi connectivity index (χ0v) is 14.4. The van der Waals surface area contributed by atoms with Gasteiger partial charge < -0.3 is 19.7 Å². The van der Waals surface area contributed by atoms with Crippen LogP contribution in [-0.4, -0.2) is 50.7 Å². The molecule has 0 aliphatic carbocycles. The van der Waals surface area contributed by atoms with E-state index in [-0.39, 0.29) is 5.91 Å². The number of piperidine rings is 1. The van der Waals surface area contributed by atoms with Gasteiger partial charge in [0.2, 0.25) is 0 Å². The van der Waals surface area contributed by atoms with E-state index in [0.717, 1.165) is 38.8 Å². The van der Waals surface area contributed by atoms with Gasteiger partial charge in [-0.05, 0) is 44.5 Å². The van der Waals surface area contributed by atoms with E-state index in [1.807, 2.05) is 24.1 Å². The Kier molecular flexibility index (Phi) is 6.71. The van der Waals surface area contributed by atoms with Crippen LogP contribution < -0.4 is 14.8 Å². The zero-order valence-electron chi connectivity index (χ0n) is 14.4. The van der Waals surface area contributed by atoms with E-state index < -0.39 is 0 Å². The van der Waals surface area contributed by atoms with Crippen LogP contribution in [0.2, 0.25) is 0 Å². The van der Waals surface area contributed by atoms with E-state index in [1.54, 1.807) is 13.2 Å². The summed E-state index contributed by atoms with van der Waals surface area (Å²) in [7, 11) is 3.58. The second kappa shape index (κ2) is 8.77. The molecule has 0 atom stereocenters. The zero-order chi connectivity index (χ0) is 16.7. The molecule has 1 heterocycles. The molecule has 5 nitrogen and oxygen atoms in total. The summed E-state index contributed by atoms with van der Waals surface area (Å²) in [5.41, 5.74) is 0.660. The summed E-state index contributed by atoms with van der Waals surface area (Å²) in [5, 5.41) is 3.28. The molecule has 128 valence electrons. The number of rotatable bonds is 7. The maximum Gasteiger partial charge on any atom is 0.253 e. The first-order valence-electron chi connectivity index (χ1n) is 8.47. The fourth-order valence-corrected chi connectivity index (χ4v) is 2.80. The Morgan fingerprint density at radius 3 is 2.65 bits per heavy atom. The molecule has 1 aromatic carbocycles. The summed E-state index contributed by atoms with van der Waals surface area (Å²) in [6, 6.07) is 5.97. The van der Waals surface area contributed by atoms with Crippen molar-refractivity contribution in [3.8, 4) is 11.5 Å². The van der Waals surface area contributed by atoms with Crippen molar-refractivity contribution in [1.29, 1.82) is 0 Å². The van der Waals surface area contributed by atoms with Gasteiger partial charge in [0.1, 0.15) is 0 Å². The van der Waals surface area contributed by atoms with Gasteiger partial charge in [-0.3, -0.25) is 4.79 Å². The van der Waals surface area contributed by atoms with Gasteiger partial charge in [-0.1, -0.05) is 13.3 Å². The summed E-state index contributed by atoms with van der Waals surface area (Å²) >= 11 is 0. The second-order valence-corrected chi connectivity index (χ2v) is 5.92. The largest absolute Gasteiger partial charge is 0.493 e. The Morgan fingerprint density at radius 2 is 2.04 bits per heavy atom. The standard InChI is InChI=1S/C18H28N2O3/c1-4-5-12-23-16-7-6-14(13-17(16)22-3)18(21)20-10-8-15(19-2)9-11-20/h6-7,13,15,19H,4-5,8-12H2,1-3H3. The first-order chi connectivity index (χ1) is 11.2. The van der Waals surface area contributed by atoms with Gasteiger partial charge in [0, 0.05) is 24.7 Å². The second-order valence-electron chi connectivity index (χ2n) is 5.92. The van der Waals surface area contributed by atoms with E-state index in [1.165, 1.54) is 0 Å². The number of carbonyl (C=O) groups excluding carboxylic acids is 1. The van der Waals surface area contributed by atoms with Gasteiger partial charge in [-0.25, -0.2) is 0 Å². The number of carbonyl (C=O) groups is 1. The molecule has 1 aliphatic rings. The molecular weight excluding hydrogens is 292 g/mol. The molecule has 1 amide bonds. The average molecular weight is 320 g/mol. The summed E-state index contributed by atoms with van der Waals surface area (Å²) in [4.78, 5) is 14.6. The Bertz CT molecular complexity index is 511. The van der Waals surface area contributed by atoms with Gasteiger partial charge >= 0.3 is 0 Å². The van der Waals surface area contributed by atoms with Crippen LogP contribution in [0.3, 0.4) is 0 Å². The van der Waals surface area contributed by atoms with Gasteiger partial charge in [-0.2, -0.15) is 0 Å². The van der Waals surface area contributed by atoms with E-state index >= 15 is 0 Å². The third-order valence-corrected chi connectivity index (χ3v) is 4.36. The summed E-state index contributed by atoms with van der Waals surface area (Å²) in [6.45, 7) is 4.38. The fourth-order valence-electron chi connectivity index (χ4n) is 2.80. The number of unbranched alkanes of at least 4 members (excludes halogenated alkanes) is 1. The highest BCUT2D eigenvalue weighted by Gasteiger charge is 2.23. The summed E-state index contributed by atoms with van der Waals surface area (Å²) < 4.78 is 11.1. The Balaban J connectivity index is 2.03. The first-order valence-corrected chi connectivity index (χ1v) is 8.47. The monoisotopic (exact) mass is 320 g/mol. The van der Waals surface area contributed by atoms with Crippen LogP contribution in [0.4, 0.5) is 0 Å². The minimum Gasteiger partial charge on any atom is -0.493 e. The van der Waals surface area contributed by atoms with Crippen LogP contribution >= 0.6 is 0 Å². The molecule has 1 aromatic rings. The molecule has 0 bridgehead atoms. The van der Waals surface area contributed by atoms with Crippen molar-refractivity contribution in [2.24, 2.45) is 0 Å². The average Bonchev–Trinajstić information content (AvgIpc) is 2.61. The van der Waals surface area contributed by atoms with Crippen LogP contribution in [0.5, 0.6) is 11.5 Å². The molecule has 1 fully saturated rings. The molecule has 0 unspecified atom stereocenters. The summed E-state index contributed by atoms with van der Waals surface area (Å²) in [5.74, 6) is 1.39. The number of hydrogen-bond donors (Lipinski definition) is 1. The number of nitrogens with zero attached hydrogens (tertiary/aromatic N) is 1. The number of nitrogens with one attached hydrogen (secondary N) is 1. The van der Waals surface area contributed by atoms with E-state index in [4.69, 9.17) is 9.47 Å². The van der Waals surface area contributed by atoms with Crippen molar-refractivity contribution in [3.63, 3.8) is 0 Å². The topological polar surface area (TPSA) is 50.8 Å². The normalized spacial score (nSPS) is 15.5. The molecule has 0 saturated carbocycles. The lowest BCUT2D eigenvalue weighted by molar-refractivity contribution is 0.0707. The minimum atomic E-state index is 0.0676. The van der Waals surface area contributed by atoms with Crippen molar-refractivity contribution in [3.05, 3.63) is 23.8 Å². The lowest BCUT2D eigenvalue weighted by Gasteiger charge is -2.32. The van der Waals surface area contributed by atoms with Gasteiger partial charge in [0.05, 0.1) is 13.7 Å². The van der Waals surface area contributed by atoms with Crippen LogP contribution in [0.25, 0.3) is 0 Å². The molecule has 2 rings (SSSR count). The molecule has 1 saturated heterocycles. The molecule has 0 radical (unpaired) electrons. The highest BCUT2D eigenvalue weighted by molar-refractivity contribution is 5.95. The predicted molar refractivity (Wildman–Crippen MR) is 91.4 cm³/mol. The number of amides is 1. The van der Waals surface area contributed by atoms with Crippen LogP contribution in [-0.2, 0) is 0 Å². The maximum absolute atomic E-state index is 12.6. The SMILES string of the molecule is CCCCOc1ccc(C(=O)N2CCC(NC)CC2)cc1OC. The Morgan fingerprint density at radius 1 is 1.30 bits per heavy atom. The quantitative estimate of drug-likeness (QED) is 0.785. The Hall–Kier alpha value is -1.75. The van der Waals surface area contributed by atoms with Crippen molar-refractivity contribution in [1.82, 2.24) is 10.2 Å². The number of ether oxygens (including phenoxy) is 2. The smallest absolute Gasteiger partial charge is 0.253 e. The van der Waals surface area contributed by atoms with E-state index in [2.05, 4.69) is 12.2 Å². The van der Waals surface area contributed by atoms with Gasteiger partial charge in [0.25, 0.3) is 5.91 Å². The minimum absolute atomic E-state index is 0.0676.